The summed E-state index contributed by atoms with van der Waals surface area (Å²) in [5.41, 5.74) is -0.372. The molecule has 114 valence electrons. The van der Waals surface area contributed by atoms with Crippen LogP contribution >= 0.6 is 11.6 Å². The molecule has 0 bridgehead atoms. The van der Waals surface area contributed by atoms with E-state index in [4.69, 9.17) is 16.3 Å². The summed E-state index contributed by atoms with van der Waals surface area (Å²) in [7, 11) is 0. The molecule has 0 aliphatic carbocycles. The second kappa shape index (κ2) is 5.45. The summed E-state index contributed by atoms with van der Waals surface area (Å²) >= 11 is 5.66. The molecule has 5 nitrogen and oxygen atoms in total. The van der Waals surface area contributed by atoms with Crippen LogP contribution in [-0.4, -0.2) is 22.5 Å². The van der Waals surface area contributed by atoms with E-state index in [1.54, 1.807) is 0 Å². The van der Waals surface area contributed by atoms with E-state index in [1.165, 1.54) is 0 Å². The molecule has 22 heavy (non-hydrogen) atoms. The molecule has 3 rings (SSSR count). The second-order valence-electron chi connectivity index (χ2n) is 4.24. The van der Waals surface area contributed by atoms with Gasteiger partial charge in [-0.2, -0.15) is 8.78 Å². The van der Waals surface area contributed by atoms with Crippen molar-refractivity contribution >= 4 is 17.6 Å². The summed E-state index contributed by atoms with van der Waals surface area (Å²) in [6.45, 7) is -3.20. The third-order valence-electron chi connectivity index (χ3n) is 2.91. The van der Waals surface area contributed by atoms with Gasteiger partial charge < -0.3 is 9.47 Å². The quantitative estimate of drug-likeness (QED) is 0.809. The maximum absolute atomic E-state index is 14.2. The van der Waals surface area contributed by atoms with Gasteiger partial charge in [0.25, 0.3) is 0 Å². The molecule has 1 aromatic carbocycles. The van der Waals surface area contributed by atoms with Crippen molar-refractivity contribution in [2.45, 2.75) is 13.2 Å². The van der Waals surface area contributed by atoms with E-state index >= 15 is 0 Å². The standard InChI is InChI=1S/C13H6ClF3N2O3/c14-5-1-2-8(22-13(16)17)9(10(5)15)6-3-18-7-4-21-12(20)11(7)19-6/h1-3,13H,4H2. The fourth-order valence-corrected chi connectivity index (χ4v) is 2.13. The van der Waals surface area contributed by atoms with Gasteiger partial charge >= 0.3 is 12.6 Å². The Bertz CT molecular complexity index is 770. The van der Waals surface area contributed by atoms with Crippen LogP contribution in [0.5, 0.6) is 5.75 Å². The number of fused-ring (bicyclic) bond motifs is 1. The molecule has 0 radical (unpaired) electrons. The van der Waals surface area contributed by atoms with Crippen LogP contribution in [0.15, 0.2) is 18.3 Å². The average Bonchev–Trinajstić information content (AvgIpc) is 2.84. The van der Waals surface area contributed by atoms with Gasteiger partial charge in [0.05, 0.1) is 22.5 Å². The summed E-state index contributed by atoms with van der Waals surface area (Å²) in [6.07, 6.45) is 1.13. The van der Waals surface area contributed by atoms with Gasteiger partial charge in [0.1, 0.15) is 18.1 Å². The van der Waals surface area contributed by atoms with Gasteiger partial charge in [0.15, 0.2) is 11.5 Å². The highest BCUT2D eigenvalue weighted by Crippen LogP contribution is 2.36. The van der Waals surface area contributed by atoms with Crippen molar-refractivity contribution in [3.8, 4) is 17.0 Å². The molecule has 0 fully saturated rings. The number of hydrogen-bond acceptors (Lipinski definition) is 5. The highest BCUT2D eigenvalue weighted by molar-refractivity contribution is 6.31. The van der Waals surface area contributed by atoms with E-state index in [2.05, 4.69) is 14.7 Å². The number of cyclic esters (lactones) is 1. The number of halogens is 4. The van der Waals surface area contributed by atoms with Gasteiger partial charge in [-0.05, 0) is 12.1 Å². The number of alkyl halides is 2. The predicted molar refractivity (Wildman–Crippen MR) is 68.2 cm³/mol. The third kappa shape index (κ3) is 2.45. The molecule has 0 atom stereocenters. The van der Waals surface area contributed by atoms with Crippen molar-refractivity contribution < 1.29 is 27.4 Å². The largest absolute Gasteiger partial charge is 0.454 e. The second-order valence-corrected chi connectivity index (χ2v) is 4.65. The first-order valence-corrected chi connectivity index (χ1v) is 6.31. The Labute approximate surface area is 126 Å². The number of benzene rings is 1. The van der Waals surface area contributed by atoms with E-state index < -0.39 is 29.7 Å². The lowest BCUT2D eigenvalue weighted by molar-refractivity contribution is -0.0496. The minimum atomic E-state index is -3.16. The van der Waals surface area contributed by atoms with Crippen LogP contribution in [0.3, 0.4) is 0 Å². The van der Waals surface area contributed by atoms with Crippen LogP contribution in [-0.2, 0) is 11.3 Å². The van der Waals surface area contributed by atoms with Crippen molar-refractivity contribution in [3.63, 3.8) is 0 Å². The fourth-order valence-electron chi connectivity index (χ4n) is 1.97. The van der Waals surface area contributed by atoms with E-state index in [0.29, 0.717) is 0 Å². The van der Waals surface area contributed by atoms with Crippen molar-refractivity contribution in [1.82, 2.24) is 9.97 Å². The zero-order chi connectivity index (χ0) is 15.9. The van der Waals surface area contributed by atoms with Gasteiger partial charge in [0, 0.05) is 0 Å². The van der Waals surface area contributed by atoms with Crippen LogP contribution in [0.1, 0.15) is 16.2 Å². The average molecular weight is 331 g/mol. The molecule has 9 heteroatoms. The van der Waals surface area contributed by atoms with Crippen molar-refractivity contribution in [2.24, 2.45) is 0 Å². The van der Waals surface area contributed by atoms with Crippen molar-refractivity contribution in [2.75, 3.05) is 0 Å². The Morgan fingerprint density at radius 1 is 1.36 bits per heavy atom. The Hall–Kier alpha value is -2.35. The molecule has 0 saturated heterocycles. The van der Waals surface area contributed by atoms with E-state index in [9.17, 15) is 18.0 Å². The smallest absolute Gasteiger partial charge is 0.387 e. The highest BCUT2D eigenvalue weighted by Gasteiger charge is 2.27. The number of carbonyl (C=O) groups excluding carboxylic acids is 1. The molecule has 0 saturated carbocycles. The third-order valence-corrected chi connectivity index (χ3v) is 3.20. The van der Waals surface area contributed by atoms with Crippen LogP contribution < -0.4 is 4.74 Å². The van der Waals surface area contributed by atoms with Crippen LogP contribution in [0, 0.1) is 5.82 Å². The van der Waals surface area contributed by atoms with Gasteiger partial charge in [-0.25, -0.2) is 14.2 Å². The Morgan fingerprint density at radius 3 is 2.86 bits per heavy atom. The first-order valence-electron chi connectivity index (χ1n) is 5.93. The van der Waals surface area contributed by atoms with Gasteiger partial charge in [0.2, 0.25) is 0 Å². The van der Waals surface area contributed by atoms with E-state index in [1.807, 2.05) is 0 Å². The molecule has 0 N–H and O–H groups in total. The number of rotatable bonds is 3. The summed E-state index contributed by atoms with van der Waals surface area (Å²) in [6, 6.07) is 2.16. The van der Waals surface area contributed by atoms with Crippen LogP contribution in [0.4, 0.5) is 13.2 Å². The Morgan fingerprint density at radius 2 is 2.14 bits per heavy atom. The number of ether oxygens (including phenoxy) is 2. The lowest BCUT2D eigenvalue weighted by Crippen LogP contribution is -2.06. The topological polar surface area (TPSA) is 61.3 Å². The highest BCUT2D eigenvalue weighted by atomic mass is 35.5. The first kappa shape index (κ1) is 14.6. The normalized spacial score (nSPS) is 13.2. The van der Waals surface area contributed by atoms with E-state index in [0.717, 1.165) is 18.3 Å². The molecule has 2 heterocycles. The molecule has 0 amide bonds. The molecule has 0 unspecified atom stereocenters. The Balaban J connectivity index is 2.17. The van der Waals surface area contributed by atoms with Gasteiger partial charge in [-0.15, -0.1) is 0 Å². The molecule has 1 aliphatic rings. The fraction of sp³-hybridized carbons (Fsp3) is 0.154. The lowest BCUT2D eigenvalue weighted by atomic mass is 10.1. The summed E-state index contributed by atoms with van der Waals surface area (Å²) in [4.78, 5) is 19.3. The number of aromatic nitrogens is 2. The molecule has 1 aromatic heterocycles. The number of nitrogens with zero attached hydrogens (tertiary/aromatic N) is 2. The lowest BCUT2D eigenvalue weighted by Gasteiger charge is -2.12. The van der Waals surface area contributed by atoms with Crippen molar-refractivity contribution in [3.05, 3.63) is 40.6 Å². The number of hydrogen-bond donors (Lipinski definition) is 0. The summed E-state index contributed by atoms with van der Waals surface area (Å²) in [5, 5.41) is -0.304. The molecular formula is C13H6ClF3N2O3. The van der Waals surface area contributed by atoms with Gasteiger partial charge in [-0.3, -0.25) is 4.98 Å². The molecule has 1 aliphatic heterocycles. The molecular weight excluding hydrogens is 325 g/mol. The SMILES string of the molecule is O=C1OCc2ncc(-c3c(OC(F)F)ccc(Cl)c3F)nc21. The van der Waals surface area contributed by atoms with Crippen molar-refractivity contribution in [1.29, 1.82) is 0 Å². The maximum atomic E-state index is 14.2. The zero-order valence-electron chi connectivity index (χ0n) is 10.6. The predicted octanol–water partition coefficient (Wildman–Crippen LogP) is 3.21. The molecule has 2 aromatic rings. The number of esters is 1. The maximum Gasteiger partial charge on any atom is 0.387 e. The monoisotopic (exact) mass is 330 g/mol. The minimum Gasteiger partial charge on any atom is -0.454 e. The van der Waals surface area contributed by atoms with E-state index in [-0.39, 0.29) is 28.7 Å². The zero-order valence-corrected chi connectivity index (χ0v) is 11.4. The number of carbonyl (C=O) groups is 1. The summed E-state index contributed by atoms with van der Waals surface area (Å²) < 4.78 is 48.1. The molecule has 0 spiro atoms. The Kier molecular flexibility index (Phi) is 3.61. The van der Waals surface area contributed by atoms with Gasteiger partial charge in [-0.1, -0.05) is 11.6 Å². The summed E-state index contributed by atoms with van der Waals surface area (Å²) in [5.74, 6) is -2.18. The minimum absolute atomic E-state index is 0.0418. The van der Waals surface area contributed by atoms with Crippen LogP contribution in [0.2, 0.25) is 5.02 Å². The van der Waals surface area contributed by atoms with Crippen LogP contribution in [0.25, 0.3) is 11.3 Å². The first-order chi connectivity index (χ1) is 10.5.